The van der Waals surface area contributed by atoms with Crippen molar-refractivity contribution in [3.05, 3.63) is 58.3 Å². The minimum Gasteiger partial charge on any atom is -0.318 e. The molecule has 2 rings (SSSR count). The Labute approximate surface area is 107 Å². The molecule has 0 aliphatic heterocycles. The van der Waals surface area contributed by atoms with E-state index in [4.69, 9.17) is 0 Å². The summed E-state index contributed by atoms with van der Waals surface area (Å²) in [5, 5.41) is 4.04. The van der Waals surface area contributed by atoms with Gasteiger partial charge in [0.15, 0.2) is 0 Å². The van der Waals surface area contributed by atoms with E-state index < -0.39 is 23.2 Å². The molecule has 18 heavy (non-hydrogen) atoms. The van der Waals surface area contributed by atoms with Crippen LogP contribution in [0.25, 0.3) is 6.08 Å². The van der Waals surface area contributed by atoms with Crippen LogP contribution in [-0.4, -0.2) is 5.91 Å². The Morgan fingerprint density at radius 2 is 1.89 bits per heavy atom. The fraction of sp³-hybridized carbons (Fsp3) is 0. The highest BCUT2D eigenvalue weighted by Gasteiger charge is 2.09. The van der Waals surface area contributed by atoms with Gasteiger partial charge in [-0.2, -0.15) is 0 Å². The lowest BCUT2D eigenvalue weighted by molar-refractivity contribution is -0.111. The minimum atomic E-state index is -0.798. The highest BCUT2D eigenvalue weighted by Crippen LogP contribution is 2.18. The second-order valence-electron chi connectivity index (χ2n) is 3.43. The number of nitrogens with one attached hydrogen (secondary N) is 1. The number of hydrogen-bond acceptors (Lipinski definition) is 2. The molecule has 0 saturated heterocycles. The van der Waals surface area contributed by atoms with Crippen LogP contribution in [0.15, 0.2) is 41.8 Å². The van der Waals surface area contributed by atoms with Gasteiger partial charge in [-0.15, -0.1) is 11.3 Å². The summed E-state index contributed by atoms with van der Waals surface area (Å²) < 4.78 is 26.5. The molecule has 0 radical (unpaired) electrons. The van der Waals surface area contributed by atoms with Crippen molar-refractivity contribution in [1.82, 2.24) is 0 Å². The maximum absolute atomic E-state index is 13.2. The highest BCUT2D eigenvalue weighted by atomic mass is 32.1. The first-order valence-corrected chi connectivity index (χ1v) is 6.01. The molecule has 0 saturated carbocycles. The third-order valence-electron chi connectivity index (χ3n) is 2.15. The van der Waals surface area contributed by atoms with Crippen molar-refractivity contribution in [2.24, 2.45) is 0 Å². The van der Waals surface area contributed by atoms with Crippen LogP contribution in [0.4, 0.5) is 14.5 Å². The van der Waals surface area contributed by atoms with E-state index in [-0.39, 0.29) is 0 Å². The van der Waals surface area contributed by atoms with Crippen molar-refractivity contribution in [1.29, 1.82) is 0 Å². The predicted octanol–water partition coefficient (Wildman–Crippen LogP) is 3.68. The number of carbonyl (C=O) groups is 1. The lowest BCUT2D eigenvalue weighted by Crippen LogP contribution is -2.10. The molecule has 1 heterocycles. The van der Waals surface area contributed by atoms with E-state index in [0.29, 0.717) is 0 Å². The van der Waals surface area contributed by atoms with Gasteiger partial charge in [0.2, 0.25) is 5.91 Å². The molecule has 2 nitrogen and oxygen atoms in total. The first-order chi connectivity index (χ1) is 8.66. The zero-order chi connectivity index (χ0) is 13.0. The largest absolute Gasteiger partial charge is 0.318 e. The molecule has 1 aromatic carbocycles. The summed E-state index contributed by atoms with van der Waals surface area (Å²) in [6.45, 7) is 0. The first kappa shape index (κ1) is 12.4. The number of rotatable bonds is 3. The van der Waals surface area contributed by atoms with Gasteiger partial charge in [0.05, 0.1) is 0 Å². The Bertz CT molecular complexity index is 558. The van der Waals surface area contributed by atoms with Crippen LogP contribution >= 0.6 is 11.3 Å². The van der Waals surface area contributed by atoms with Crippen LogP contribution in [0.5, 0.6) is 0 Å². The summed E-state index contributed by atoms with van der Waals surface area (Å²) >= 11 is 1.46. The fourth-order valence-corrected chi connectivity index (χ4v) is 1.94. The quantitative estimate of drug-likeness (QED) is 0.843. The number of carbonyl (C=O) groups excluding carboxylic acids is 1. The zero-order valence-electron chi connectivity index (χ0n) is 9.19. The molecule has 92 valence electrons. The number of benzene rings is 1. The molecule has 0 bridgehead atoms. The van der Waals surface area contributed by atoms with Crippen molar-refractivity contribution in [2.75, 3.05) is 5.32 Å². The lowest BCUT2D eigenvalue weighted by Gasteiger charge is -2.04. The smallest absolute Gasteiger partial charge is 0.248 e. The number of thiophene rings is 1. The summed E-state index contributed by atoms with van der Waals surface area (Å²) in [5.41, 5.74) is -0.432. The van der Waals surface area contributed by atoms with E-state index in [2.05, 4.69) is 5.32 Å². The number of hydrogen-bond donors (Lipinski definition) is 1. The van der Waals surface area contributed by atoms with Crippen LogP contribution in [0.3, 0.4) is 0 Å². The number of para-hydroxylation sites is 1. The van der Waals surface area contributed by atoms with Gasteiger partial charge < -0.3 is 5.32 Å². The lowest BCUT2D eigenvalue weighted by atomic mass is 10.3. The molecular formula is C13H9F2NOS. The molecular weight excluding hydrogens is 256 g/mol. The van der Waals surface area contributed by atoms with Crippen molar-refractivity contribution in [2.45, 2.75) is 0 Å². The van der Waals surface area contributed by atoms with E-state index in [0.717, 1.165) is 17.0 Å². The van der Waals surface area contributed by atoms with Gasteiger partial charge in [-0.25, -0.2) is 8.78 Å². The maximum Gasteiger partial charge on any atom is 0.248 e. The summed E-state index contributed by atoms with van der Waals surface area (Å²) in [7, 11) is 0. The van der Waals surface area contributed by atoms with Crippen molar-refractivity contribution in [3.63, 3.8) is 0 Å². The Morgan fingerprint density at radius 1 is 1.17 bits per heavy atom. The van der Waals surface area contributed by atoms with Crippen molar-refractivity contribution >= 4 is 29.0 Å². The number of halogens is 2. The van der Waals surface area contributed by atoms with Gasteiger partial charge >= 0.3 is 0 Å². The van der Waals surface area contributed by atoms with E-state index in [1.165, 1.54) is 23.5 Å². The second kappa shape index (κ2) is 5.55. The third kappa shape index (κ3) is 3.01. The van der Waals surface area contributed by atoms with Crippen molar-refractivity contribution in [3.8, 4) is 0 Å². The zero-order valence-corrected chi connectivity index (χ0v) is 10.0. The molecule has 0 atom stereocenters. The molecule has 5 heteroatoms. The van der Waals surface area contributed by atoms with E-state index in [1.807, 2.05) is 17.5 Å². The van der Waals surface area contributed by atoms with E-state index in [1.54, 1.807) is 6.08 Å². The summed E-state index contributed by atoms with van der Waals surface area (Å²) in [4.78, 5) is 12.4. The molecule has 1 aromatic heterocycles. The van der Waals surface area contributed by atoms with Gasteiger partial charge in [-0.1, -0.05) is 12.1 Å². The average Bonchev–Trinajstić information content (AvgIpc) is 2.84. The average molecular weight is 265 g/mol. The molecule has 0 aliphatic rings. The van der Waals surface area contributed by atoms with Gasteiger partial charge in [0, 0.05) is 11.0 Å². The van der Waals surface area contributed by atoms with Crippen LogP contribution < -0.4 is 5.32 Å². The second-order valence-corrected chi connectivity index (χ2v) is 4.41. The van der Waals surface area contributed by atoms with E-state index >= 15 is 0 Å². The Balaban J connectivity index is 2.08. The third-order valence-corrected chi connectivity index (χ3v) is 2.99. The Morgan fingerprint density at radius 3 is 2.50 bits per heavy atom. The summed E-state index contributed by atoms with van der Waals surface area (Å²) in [6.07, 6.45) is 2.82. The molecule has 2 aromatic rings. The van der Waals surface area contributed by atoms with Crippen LogP contribution in [-0.2, 0) is 4.79 Å². The van der Waals surface area contributed by atoms with Gasteiger partial charge in [-0.3, -0.25) is 4.79 Å². The molecule has 1 amide bonds. The SMILES string of the molecule is O=C(/C=C/c1cccs1)Nc1c(F)cccc1F. The molecule has 1 N–H and O–H groups in total. The molecule has 0 aliphatic carbocycles. The van der Waals surface area contributed by atoms with Crippen LogP contribution in [0.1, 0.15) is 4.88 Å². The molecule has 0 unspecified atom stereocenters. The number of anilines is 1. The van der Waals surface area contributed by atoms with Gasteiger partial charge in [-0.05, 0) is 29.7 Å². The fourth-order valence-electron chi connectivity index (χ4n) is 1.33. The van der Waals surface area contributed by atoms with Gasteiger partial charge in [0.1, 0.15) is 17.3 Å². The first-order valence-electron chi connectivity index (χ1n) is 5.13. The standard InChI is InChI=1S/C13H9F2NOS/c14-10-4-1-5-11(15)13(10)16-12(17)7-6-9-3-2-8-18-9/h1-8H,(H,16,17)/b7-6+. The monoisotopic (exact) mass is 265 g/mol. The molecule has 0 fully saturated rings. The normalized spacial score (nSPS) is 10.8. The van der Waals surface area contributed by atoms with E-state index in [9.17, 15) is 13.6 Å². The van der Waals surface area contributed by atoms with Crippen LogP contribution in [0.2, 0.25) is 0 Å². The Kier molecular flexibility index (Phi) is 3.84. The number of amides is 1. The topological polar surface area (TPSA) is 29.1 Å². The van der Waals surface area contributed by atoms with Crippen LogP contribution in [0, 0.1) is 11.6 Å². The molecule has 0 spiro atoms. The van der Waals surface area contributed by atoms with Crippen molar-refractivity contribution < 1.29 is 13.6 Å². The minimum absolute atomic E-state index is 0.432. The van der Waals surface area contributed by atoms with Gasteiger partial charge in [0.25, 0.3) is 0 Å². The maximum atomic E-state index is 13.2. The summed E-state index contributed by atoms with van der Waals surface area (Å²) in [5.74, 6) is -2.17. The Hall–Kier alpha value is -2.01. The highest BCUT2D eigenvalue weighted by molar-refractivity contribution is 7.10. The summed E-state index contributed by atoms with van der Waals surface area (Å²) in [6, 6.07) is 7.09. The predicted molar refractivity (Wildman–Crippen MR) is 68.3 cm³/mol.